The Labute approximate surface area is 137 Å². The molecule has 2 aromatic heterocycles. The van der Waals surface area contributed by atoms with Crippen LogP contribution in [0, 0.1) is 5.82 Å². The highest BCUT2D eigenvalue weighted by Crippen LogP contribution is 2.23. The number of anilines is 1. The van der Waals surface area contributed by atoms with Crippen molar-refractivity contribution in [3.63, 3.8) is 0 Å². The fraction of sp³-hybridized carbons (Fsp3) is 0.500. The van der Waals surface area contributed by atoms with Crippen LogP contribution in [0.4, 0.5) is 14.9 Å². The van der Waals surface area contributed by atoms with Gasteiger partial charge in [-0.3, -0.25) is 4.90 Å². The lowest BCUT2D eigenvalue weighted by Crippen LogP contribution is -2.39. The van der Waals surface area contributed by atoms with E-state index >= 15 is 0 Å². The first kappa shape index (κ1) is 17.4. The van der Waals surface area contributed by atoms with Gasteiger partial charge in [0.1, 0.15) is 11.3 Å². The quantitative estimate of drug-likeness (QED) is 0.853. The van der Waals surface area contributed by atoms with E-state index in [0.29, 0.717) is 0 Å². The molecule has 23 heavy (non-hydrogen) atoms. The number of carbonyl (C=O) groups excluding carboxylic acids is 1. The summed E-state index contributed by atoms with van der Waals surface area (Å²) in [5.41, 5.74) is -0.461. The molecule has 2 aromatic rings. The Hall–Kier alpha value is -1.93. The van der Waals surface area contributed by atoms with Gasteiger partial charge in [-0.2, -0.15) is 4.98 Å². The second-order valence-electron chi connectivity index (χ2n) is 5.81. The van der Waals surface area contributed by atoms with E-state index in [2.05, 4.69) is 10.1 Å². The van der Waals surface area contributed by atoms with Gasteiger partial charge in [0, 0.05) is 13.2 Å². The van der Waals surface area contributed by atoms with Crippen LogP contribution in [0.2, 0.25) is 5.28 Å². The number of amides is 1. The third kappa shape index (κ3) is 4.29. The largest absolute Gasteiger partial charge is 0.443 e. The van der Waals surface area contributed by atoms with Crippen LogP contribution in [-0.2, 0) is 9.47 Å². The standard InChI is InChI=1S/C14H18ClFN4O3/c1-14(2,3)23-13(21)19(5-6-22-4)10-8-20-11(7-9(10)16)17-12(15)18-20/h7-8H,5-6H2,1-4H3. The second kappa shape index (κ2) is 6.67. The molecule has 0 bridgehead atoms. The number of methoxy groups -OCH3 is 1. The molecule has 2 heterocycles. The number of halogens is 2. The van der Waals surface area contributed by atoms with Crippen LogP contribution in [0.1, 0.15) is 20.8 Å². The molecular formula is C14H18ClFN4O3. The maximum Gasteiger partial charge on any atom is 0.415 e. The van der Waals surface area contributed by atoms with Crippen molar-refractivity contribution >= 4 is 29.0 Å². The number of nitrogens with zero attached hydrogens (tertiary/aromatic N) is 4. The number of hydrogen-bond acceptors (Lipinski definition) is 5. The van der Waals surface area contributed by atoms with Gasteiger partial charge in [-0.05, 0) is 32.4 Å². The number of carbonyl (C=O) groups is 1. The summed E-state index contributed by atoms with van der Waals surface area (Å²) in [4.78, 5) is 17.4. The van der Waals surface area contributed by atoms with Gasteiger partial charge < -0.3 is 9.47 Å². The summed E-state index contributed by atoms with van der Waals surface area (Å²) in [7, 11) is 1.49. The highest BCUT2D eigenvalue weighted by Gasteiger charge is 2.26. The number of pyridine rings is 1. The van der Waals surface area contributed by atoms with Gasteiger partial charge in [-0.1, -0.05) is 0 Å². The summed E-state index contributed by atoms with van der Waals surface area (Å²) < 4.78 is 26.0. The number of aromatic nitrogens is 3. The molecule has 0 aliphatic rings. The average molecular weight is 345 g/mol. The SMILES string of the molecule is COCCN(C(=O)OC(C)(C)C)c1cn2nc(Cl)nc2cc1F. The minimum atomic E-state index is -0.709. The number of rotatable bonds is 4. The molecular weight excluding hydrogens is 327 g/mol. The zero-order valence-electron chi connectivity index (χ0n) is 13.3. The van der Waals surface area contributed by atoms with Gasteiger partial charge >= 0.3 is 6.09 Å². The molecule has 0 aliphatic carbocycles. The third-order valence-corrected chi connectivity index (χ3v) is 2.96. The van der Waals surface area contributed by atoms with E-state index in [0.717, 1.165) is 11.0 Å². The molecule has 0 spiro atoms. The summed E-state index contributed by atoms with van der Waals surface area (Å²) in [6, 6.07) is 1.15. The van der Waals surface area contributed by atoms with Crippen LogP contribution in [0.15, 0.2) is 12.3 Å². The first-order chi connectivity index (χ1) is 10.7. The van der Waals surface area contributed by atoms with Crippen LogP contribution in [0.25, 0.3) is 5.65 Å². The topological polar surface area (TPSA) is 69.0 Å². The van der Waals surface area contributed by atoms with Gasteiger partial charge in [0.2, 0.25) is 5.28 Å². The van der Waals surface area contributed by atoms with Crippen molar-refractivity contribution in [1.29, 1.82) is 0 Å². The average Bonchev–Trinajstić information content (AvgIpc) is 2.76. The Balaban J connectivity index is 2.41. The molecule has 0 aromatic carbocycles. The van der Waals surface area contributed by atoms with Crippen molar-refractivity contribution in [2.45, 2.75) is 26.4 Å². The van der Waals surface area contributed by atoms with Crippen LogP contribution in [0.5, 0.6) is 0 Å². The van der Waals surface area contributed by atoms with Crippen LogP contribution in [0.3, 0.4) is 0 Å². The third-order valence-electron chi connectivity index (χ3n) is 2.80. The van der Waals surface area contributed by atoms with E-state index in [9.17, 15) is 9.18 Å². The Morgan fingerprint density at radius 3 is 2.78 bits per heavy atom. The predicted octanol–water partition coefficient (Wildman–Crippen LogP) is 2.91. The second-order valence-corrected chi connectivity index (χ2v) is 6.15. The molecule has 0 atom stereocenters. The number of ether oxygens (including phenoxy) is 2. The van der Waals surface area contributed by atoms with Crippen LogP contribution < -0.4 is 4.90 Å². The Kier molecular flexibility index (Phi) is 5.06. The van der Waals surface area contributed by atoms with Gasteiger partial charge in [0.05, 0.1) is 19.3 Å². The lowest BCUT2D eigenvalue weighted by atomic mass is 10.2. The molecule has 126 valence electrons. The van der Waals surface area contributed by atoms with Crippen molar-refractivity contribution in [3.8, 4) is 0 Å². The molecule has 1 amide bonds. The van der Waals surface area contributed by atoms with Crippen molar-refractivity contribution in [2.24, 2.45) is 0 Å². The Morgan fingerprint density at radius 2 is 2.17 bits per heavy atom. The molecule has 0 saturated carbocycles. The molecule has 2 rings (SSSR count). The maximum absolute atomic E-state index is 14.4. The van der Waals surface area contributed by atoms with Gasteiger partial charge in [0.25, 0.3) is 0 Å². The van der Waals surface area contributed by atoms with Crippen LogP contribution >= 0.6 is 11.6 Å². The maximum atomic E-state index is 14.4. The summed E-state index contributed by atoms with van der Waals surface area (Å²) in [6.07, 6.45) is 0.655. The zero-order valence-corrected chi connectivity index (χ0v) is 14.1. The van der Waals surface area contributed by atoms with E-state index in [1.54, 1.807) is 20.8 Å². The predicted molar refractivity (Wildman–Crippen MR) is 83.4 cm³/mol. The molecule has 0 radical (unpaired) electrons. The lowest BCUT2D eigenvalue weighted by Gasteiger charge is -2.27. The van der Waals surface area contributed by atoms with Crippen molar-refractivity contribution in [2.75, 3.05) is 25.2 Å². The minimum Gasteiger partial charge on any atom is -0.443 e. The van der Waals surface area contributed by atoms with E-state index in [1.807, 2.05) is 0 Å². The Bertz CT molecular complexity index is 714. The van der Waals surface area contributed by atoms with Crippen molar-refractivity contribution < 1.29 is 18.7 Å². The van der Waals surface area contributed by atoms with E-state index < -0.39 is 17.5 Å². The molecule has 7 nitrogen and oxygen atoms in total. The van der Waals surface area contributed by atoms with E-state index in [1.165, 1.54) is 17.8 Å². The minimum absolute atomic E-state index is 0.00497. The highest BCUT2D eigenvalue weighted by molar-refractivity contribution is 6.28. The van der Waals surface area contributed by atoms with Crippen molar-refractivity contribution in [3.05, 3.63) is 23.4 Å². The first-order valence-corrected chi connectivity index (χ1v) is 7.30. The fourth-order valence-electron chi connectivity index (χ4n) is 1.87. The molecule has 0 N–H and O–H groups in total. The van der Waals surface area contributed by atoms with Gasteiger partial charge in [-0.25, -0.2) is 13.7 Å². The van der Waals surface area contributed by atoms with Gasteiger partial charge in [-0.15, -0.1) is 5.10 Å². The normalized spacial score (nSPS) is 11.7. The summed E-state index contributed by atoms with van der Waals surface area (Å²) in [6.45, 7) is 5.54. The summed E-state index contributed by atoms with van der Waals surface area (Å²) in [5.74, 6) is -0.636. The Morgan fingerprint density at radius 1 is 1.48 bits per heavy atom. The molecule has 0 aliphatic heterocycles. The first-order valence-electron chi connectivity index (χ1n) is 6.92. The monoisotopic (exact) mass is 344 g/mol. The molecule has 0 unspecified atom stereocenters. The van der Waals surface area contributed by atoms with E-state index in [-0.39, 0.29) is 29.8 Å². The van der Waals surface area contributed by atoms with Crippen LogP contribution in [-0.4, -0.2) is 46.6 Å². The summed E-state index contributed by atoms with van der Waals surface area (Å²) in [5, 5.41) is 3.89. The molecule has 0 saturated heterocycles. The molecule has 9 heteroatoms. The fourth-order valence-corrected chi connectivity index (χ4v) is 2.04. The number of hydrogen-bond donors (Lipinski definition) is 0. The zero-order chi connectivity index (χ0) is 17.2. The highest BCUT2D eigenvalue weighted by atomic mass is 35.5. The van der Waals surface area contributed by atoms with Gasteiger partial charge in [0.15, 0.2) is 11.5 Å². The molecule has 0 fully saturated rings. The smallest absolute Gasteiger partial charge is 0.415 e. The summed E-state index contributed by atoms with van der Waals surface area (Å²) >= 11 is 5.71. The number of fused-ring (bicyclic) bond motifs is 1. The van der Waals surface area contributed by atoms with E-state index in [4.69, 9.17) is 21.1 Å². The lowest BCUT2D eigenvalue weighted by molar-refractivity contribution is 0.0567. The van der Waals surface area contributed by atoms with Crippen molar-refractivity contribution in [1.82, 2.24) is 14.6 Å².